The molecular formula is C18H25IN4S. The van der Waals surface area contributed by atoms with Crippen molar-refractivity contribution in [1.82, 2.24) is 15.2 Å². The Morgan fingerprint density at radius 2 is 2.17 bits per heavy atom. The van der Waals surface area contributed by atoms with Crippen LogP contribution in [-0.2, 0) is 6.54 Å². The number of aryl methyl sites for hydroxylation is 1. The Morgan fingerprint density at radius 1 is 1.38 bits per heavy atom. The van der Waals surface area contributed by atoms with E-state index in [0.29, 0.717) is 12.5 Å². The van der Waals surface area contributed by atoms with E-state index in [0.717, 1.165) is 30.6 Å². The van der Waals surface area contributed by atoms with Gasteiger partial charge in [-0.25, -0.2) is 9.98 Å². The second-order valence-electron chi connectivity index (χ2n) is 5.86. The molecule has 6 heteroatoms. The molecule has 1 aromatic heterocycles. The first-order valence-corrected chi connectivity index (χ1v) is 9.07. The van der Waals surface area contributed by atoms with Gasteiger partial charge in [-0.1, -0.05) is 30.3 Å². The molecule has 24 heavy (non-hydrogen) atoms. The van der Waals surface area contributed by atoms with Crippen LogP contribution >= 0.6 is 35.3 Å². The van der Waals surface area contributed by atoms with Crippen molar-refractivity contribution >= 4 is 41.3 Å². The minimum Gasteiger partial charge on any atom is -0.357 e. The van der Waals surface area contributed by atoms with E-state index in [2.05, 4.69) is 52.5 Å². The van der Waals surface area contributed by atoms with Gasteiger partial charge in [0.15, 0.2) is 5.96 Å². The van der Waals surface area contributed by atoms with Gasteiger partial charge in [0.1, 0.15) is 0 Å². The van der Waals surface area contributed by atoms with Gasteiger partial charge < -0.3 is 10.2 Å². The van der Waals surface area contributed by atoms with Crippen molar-refractivity contribution in [3.05, 3.63) is 52.0 Å². The average molecular weight is 456 g/mol. The largest absolute Gasteiger partial charge is 0.357 e. The van der Waals surface area contributed by atoms with E-state index in [1.165, 1.54) is 16.9 Å². The number of rotatable bonds is 4. The zero-order valence-corrected chi connectivity index (χ0v) is 17.4. The molecule has 0 saturated carbocycles. The molecule has 2 aromatic rings. The average Bonchev–Trinajstić information content (AvgIpc) is 3.21. The summed E-state index contributed by atoms with van der Waals surface area (Å²) in [6, 6.07) is 10.8. The van der Waals surface area contributed by atoms with E-state index in [-0.39, 0.29) is 24.0 Å². The Labute approximate surface area is 165 Å². The monoisotopic (exact) mass is 456 g/mol. The number of hydrogen-bond donors (Lipinski definition) is 1. The predicted octanol–water partition coefficient (Wildman–Crippen LogP) is 4.02. The molecule has 1 N–H and O–H groups in total. The standard InChI is InChI=1S/C18H24N4S.HI/c1-3-19-18(21-12-17-11-20-14(2)23-17)22-10-9-16(13-22)15-7-5-4-6-8-15;/h4-8,11,16H,3,9-10,12-13H2,1-2H3,(H,19,21);1H. The molecular weight excluding hydrogens is 431 g/mol. The molecule has 1 saturated heterocycles. The maximum Gasteiger partial charge on any atom is 0.194 e. The molecule has 3 rings (SSSR count). The molecule has 1 aliphatic heterocycles. The summed E-state index contributed by atoms with van der Waals surface area (Å²) in [6.45, 7) is 7.86. The predicted molar refractivity (Wildman–Crippen MR) is 112 cm³/mol. The first-order valence-electron chi connectivity index (χ1n) is 8.25. The maximum atomic E-state index is 4.81. The second-order valence-corrected chi connectivity index (χ2v) is 7.18. The lowest BCUT2D eigenvalue weighted by Crippen LogP contribution is -2.39. The lowest BCUT2D eigenvalue weighted by Gasteiger charge is -2.21. The van der Waals surface area contributed by atoms with Crippen molar-refractivity contribution < 1.29 is 0 Å². The zero-order valence-electron chi connectivity index (χ0n) is 14.2. The first kappa shape index (κ1) is 19.2. The van der Waals surface area contributed by atoms with Crippen LogP contribution in [0.15, 0.2) is 41.5 Å². The first-order chi connectivity index (χ1) is 11.3. The van der Waals surface area contributed by atoms with Crippen LogP contribution in [0.2, 0.25) is 0 Å². The fraction of sp³-hybridized carbons (Fsp3) is 0.444. The van der Waals surface area contributed by atoms with Crippen molar-refractivity contribution in [2.45, 2.75) is 32.7 Å². The maximum absolute atomic E-state index is 4.81. The molecule has 0 spiro atoms. The van der Waals surface area contributed by atoms with Crippen molar-refractivity contribution in [3.8, 4) is 0 Å². The van der Waals surface area contributed by atoms with Gasteiger partial charge in [0, 0.05) is 36.6 Å². The van der Waals surface area contributed by atoms with Gasteiger partial charge in [0.25, 0.3) is 0 Å². The van der Waals surface area contributed by atoms with Crippen LogP contribution in [-0.4, -0.2) is 35.5 Å². The fourth-order valence-corrected chi connectivity index (χ4v) is 3.73. The van der Waals surface area contributed by atoms with Crippen LogP contribution in [0.3, 0.4) is 0 Å². The highest BCUT2D eigenvalue weighted by atomic mass is 127. The Balaban J connectivity index is 0.00000208. The van der Waals surface area contributed by atoms with Gasteiger partial charge in [-0.2, -0.15) is 0 Å². The Morgan fingerprint density at radius 3 is 2.83 bits per heavy atom. The number of likely N-dealkylation sites (tertiary alicyclic amines) is 1. The van der Waals surface area contributed by atoms with Crippen molar-refractivity contribution in [3.63, 3.8) is 0 Å². The van der Waals surface area contributed by atoms with E-state index in [1.54, 1.807) is 11.3 Å². The summed E-state index contributed by atoms with van der Waals surface area (Å²) in [5, 5.41) is 4.54. The van der Waals surface area contributed by atoms with Gasteiger partial charge in [-0.15, -0.1) is 35.3 Å². The van der Waals surface area contributed by atoms with Crippen LogP contribution in [0.1, 0.15) is 34.7 Å². The number of thiazole rings is 1. The highest BCUT2D eigenvalue weighted by molar-refractivity contribution is 14.0. The lowest BCUT2D eigenvalue weighted by molar-refractivity contribution is 0.486. The van der Waals surface area contributed by atoms with Crippen LogP contribution in [0.25, 0.3) is 0 Å². The molecule has 1 aromatic carbocycles. The Bertz CT molecular complexity index is 656. The van der Waals surface area contributed by atoms with E-state index in [1.807, 2.05) is 13.1 Å². The minimum atomic E-state index is 0. The quantitative estimate of drug-likeness (QED) is 0.429. The van der Waals surface area contributed by atoms with Crippen LogP contribution in [0, 0.1) is 6.92 Å². The number of hydrogen-bond acceptors (Lipinski definition) is 3. The molecule has 1 fully saturated rings. The number of nitrogens with zero attached hydrogens (tertiary/aromatic N) is 3. The molecule has 1 aliphatic rings. The normalized spacial score (nSPS) is 17.7. The molecule has 2 heterocycles. The highest BCUT2D eigenvalue weighted by Crippen LogP contribution is 2.27. The third-order valence-electron chi connectivity index (χ3n) is 4.15. The summed E-state index contributed by atoms with van der Waals surface area (Å²) >= 11 is 1.72. The molecule has 0 aliphatic carbocycles. The molecule has 1 unspecified atom stereocenters. The summed E-state index contributed by atoms with van der Waals surface area (Å²) in [5.74, 6) is 1.63. The van der Waals surface area contributed by atoms with Gasteiger partial charge >= 0.3 is 0 Å². The zero-order chi connectivity index (χ0) is 16.1. The van der Waals surface area contributed by atoms with Crippen LogP contribution in [0.5, 0.6) is 0 Å². The van der Waals surface area contributed by atoms with E-state index in [4.69, 9.17) is 4.99 Å². The summed E-state index contributed by atoms with van der Waals surface area (Å²) < 4.78 is 0. The number of halogens is 1. The summed E-state index contributed by atoms with van der Waals surface area (Å²) in [5.41, 5.74) is 1.43. The molecule has 0 amide bonds. The third kappa shape index (κ3) is 4.92. The lowest BCUT2D eigenvalue weighted by atomic mass is 9.99. The van der Waals surface area contributed by atoms with Crippen molar-refractivity contribution in [2.24, 2.45) is 4.99 Å². The van der Waals surface area contributed by atoms with Crippen molar-refractivity contribution in [1.29, 1.82) is 0 Å². The summed E-state index contributed by atoms with van der Waals surface area (Å²) in [7, 11) is 0. The molecule has 130 valence electrons. The van der Waals surface area contributed by atoms with Gasteiger partial charge in [0.2, 0.25) is 0 Å². The topological polar surface area (TPSA) is 40.5 Å². The molecule has 1 atom stereocenters. The van der Waals surface area contributed by atoms with E-state index in [9.17, 15) is 0 Å². The van der Waals surface area contributed by atoms with Crippen molar-refractivity contribution in [2.75, 3.05) is 19.6 Å². The molecule has 0 bridgehead atoms. The number of benzene rings is 1. The smallest absolute Gasteiger partial charge is 0.194 e. The summed E-state index contributed by atoms with van der Waals surface area (Å²) in [4.78, 5) is 12.7. The minimum absolute atomic E-state index is 0. The number of nitrogens with one attached hydrogen (secondary N) is 1. The SMILES string of the molecule is CCNC(=NCc1cnc(C)s1)N1CCC(c2ccccc2)C1.I. The van der Waals surface area contributed by atoms with Gasteiger partial charge in [-0.3, -0.25) is 0 Å². The fourth-order valence-electron chi connectivity index (χ4n) is 3.01. The number of guanidine groups is 1. The Hall–Kier alpha value is -1.15. The Kier molecular flexibility index (Phi) is 7.48. The number of aromatic nitrogens is 1. The third-order valence-corrected chi connectivity index (χ3v) is 5.04. The van der Waals surface area contributed by atoms with Crippen LogP contribution in [0.4, 0.5) is 0 Å². The van der Waals surface area contributed by atoms with E-state index < -0.39 is 0 Å². The number of aliphatic imine (C=N–C) groups is 1. The van der Waals surface area contributed by atoms with Gasteiger partial charge in [-0.05, 0) is 25.8 Å². The van der Waals surface area contributed by atoms with Crippen LogP contribution < -0.4 is 5.32 Å². The van der Waals surface area contributed by atoms with Gasteiger partial charge in [0.05, 0.1) is 11.6 Å². The molecule has 4 nitrogen and oxygen atoms in total. The summed E-state index contributed by atoms with van der Waals surface area (Å²) in [6.07, 6.45) is 3.12. The molecule has 0 radical (unpaired) electrons. The second kappa shape index (κ2) is 9.36. The highest BCUT2D eigenvalue weighted by Gasteiger charge is 2.25. The van der Waals surface area contributed by atoms with E-state index >= 15 is 0 Å².